The second-order valence-electron chi connectivity index (χ2n) is 6.93. The van der Waals surface area contributed by atoms with Gasteiger partial charge in [-0.3, -0.25) is 0 Å². The lowest BCUT2D eigenvalue weighted by molar-refractivity contribution is 0.346. The molecule has 0 radical (unpaired) electrons. The van der Waals surface area contributed by atoms with Gasteiger partial charge in [0.25, 0.3) is 0 Å². The summed E-state index contributed by atoms with van der Waals surface area (Å²) >= 11 is 0. The second-order valence-corrected chi connectivity index (χ2v) is 10.6. The third-order valence-electron chi connectivity index (χ3n) is 4.95. The lowest BCUT2D eigenvalue weighted by Gasteiger charge is -2.25. The van der Waals surface area contributed by atoms with E-state index < -0.39 is 20.0 Å². The third-order valence-corrected chi connectivity index (χ3v) is 8.34. The Balaban J connectivity index is 1.58. The van der Waals surface area contributed by atoms with E-state index in [1.54, 1.807) is 36.4 Å². The first-order valence-electron chi connectivity index (χ1n) is 9.56. The molecule has 1 fully saturated rings. The van der Waals surface area contributed by atoms with Gasteiger partial charge < -0.3 is 4.74 Å². The summed E-state index contributed by atoms with van der Waals surface area (Å²) in [6, 6.07) is 12.8. The Morgan fingerprint density at radius 3 is 2.03 bits per heavy atom. The molecule has 1 aliphatic heterocycles. The van der Waals surface area contributed by atoms with Crippen molar-refractivity contribution in [1.29, 1.82) is 0 Å². The lowest BCUT2D eigenvalue weighted by atomic mass is 10.2. The highest BCUT2D eigenvalue weighted by atomic mass is 32.2. The van der Waals surface area contributed by atoms with Crippen LogP contribution in [-0.2, 0) is 26.5 Å². The minimum absolute atomic E-state index is 0.168. The third kappa shape index (κ3) is 5.36. The quantitative estimate of drug-likeness (QED) is 0.683. The molecule has 7 nitrogen and oxygen atoms in total. The highest BCUT2D eigenvalue weighted by Gasteiger charge is 2.25. The highest BCUT2D eigenvalue weighted by Crippen LogP contribution is 2.21. The van der Waals surface area contributed by atoms with Crippen LogP contribution >= 0.6 is 0 Å². The predicted molar refractivity (Wildman–Crippen MR) is 111 cm³/mol. The van der Waals surface area contributed by atoms with Crippen molar-refractivity contribution >= 4 is 20.0 Å². The maximum atomic E-state index is 12.7. The fourth-order valence-electron chi connectivity index (χ4n) is 3.25. The number of rotatable bonds is 8. The van der Waals surface area contributed by atoms with E-state index in [9.17, 15) is 16.8 Å². The lowest BCUT2D eigenvalue weighted by Crippen LogP contribution is -2.35. The molecule has 0 atom stereocenters. The summed E-state index contributed by atoms with van der Waals surface area (Å²) in [6.45, 7) is 1.35. The first kappa shape index (κ1) is 21.8. The summed E-state index contributed by atoms with van der Waals surface area (Å²) < 4.78 is 59.2. The van der Waals surface area contributed by atoms with Gasteiger partial charge in [-0.2, -0.15) is 4.31 Å². The first-order valence-corrected chi connectivity index (χ1v) is 12.5. The zero-order chi connectivity index (χ0) is 20.9. The Bertz CT molecular complexity index is 1010. The maximum Gasteiger partial charge on any atom is 0.243 e. The minimum atomic E-state index is -3.61. The molecule has 0 aliphatic carbocycles. The van der Waals surface area contributed by atoms with E-state index in [0.29, 0.717) is 25.3 Å². The van der Waals surface area contributed by atoms with Gasteiger partial charge in [-0.15, -0.1) is 0 Å². The van der Waals surface area contributed by atoms with Gasteiger partial charge in [-0.1, -0.05) is 18.6 Å². The van der Waals surface area contributed by atoms with Crippen molar-refractivity contribution in [2.45, 2.75) is 35.5 Å². The van der Waals surface area contributed by atoms with Crippen LogP contribution in [0.4, 0.5) is 0 Å². The molecule has 0 unspecified atom stereocenters. The van der Waals surface area contributed by atoms with Crippen LogP contribution in [0, 0.1) is 0 Å². The zero-order valence-electron chi connectivity index (χ0n) is 16.4. The Morgan fingerprint density at radius 1 is 0.862 bits per heavy atom. The smallest absolute Gasteiger partial charge is 0.243 e. The Hall–Kier alpha value is -1.94. The maximum absolute atomic E-state index is 12.7. The molecule has 2 aromatic carbocycles. The van der Waals surface area contributed by atoms with E-state index in [1.165, 1.54) is 23.5 Å². The van der Waals surface area contributed by atoms with Gasteiger partial charge in [0, 0.05) is 19.6 Å². The molecule has 1 N–H and O–H groups in total. The monoisotopic (exact) mass is 438 g/mol. The van der Waals surface area contributed by atoms with E-state index in [0.717, 1.165) is 24.8 Å². The molecular formula is C20H26N2O5S2. The van der Waals surface area contributed by atoms with Crippen LogP contribution in [0.2, 0.25) is 0 Å². The number of nitrogens with zero attached hydrogens (tertiary/aromatic N) is 1. The number of hydrogen-bond acceptors (Lipinski definition) is 5. The van der Waals surface area contributed by atoms with Crippen molar-refractivity contribution in [1.82, 2.24) is 9.03 Å². The normalized spacial score (nSPS) is 15.9. The fraction of sp³-hybridized carbons (Fsp3) is 0.400. The summed E-state index contributed by atoms with van der Waals surface area (Å²) in [7, 11) is -5.54. The summed E-state index contributed by atoms with van der Waals surface area (Å²) in [5, 5.41) is 0. The average Bonchev–Trinajstić information content (AvgIpc) is 2.74. The van der Waals surface area contributed by atoms with Crippen molar-refractivity contribution in [3.05, 3.63) is 54.1 Å². The Labute approximate surface area is 172 Å². The Morgan fingerprint density at radius 2 is 1.45 bits per heavy atom. The van der Waals surface area contributed by atoms with E-state index in [-0.39, 0.29) is 16.3 Å². The van der Waals surface area contributed by atoms with Crippen LogP contribution < -0.4 is 9.46 Å². The molecule has 158 valence electrons. The summed E-state index contributed by atoms with van der Waals surface area (Å²) in [5.41, 5.74) is 0.861. The van der Waals surface area contributed by atoms with Gasteiger partial charge in [-0.05, 0) is 61.2 Å². The fourth-order valence-corrected chi connectivity index (χ4v) is 5.80. The number of nitrogens with one attached hydrogen (secondary N) is 1. The molecule has 2 aromatic rings. The number of piperidine rings is 1. The van der Waals surface area contributed by atoms with Crippen LogP contribution in [0.5, 0.6) is 5.75 Å². The number of benzene rings is 2. The number of methoxy groups -OCH3 is 1. The first-order chi connectivity index (χ1) is 13.8. The van der Waals surface area contributed by atoms with Gasteiger partial charge in [0.15, 0.2) is 0 Å². The van der Waals surface area contributed by atoms with Crippen LogP contribution in [0.15, 0.2) is 58.3 Å². The van der Waals surface area contributed by atoms with E-state index in [2.05, 4.69) is 4.72 Å². The van der Waals surface area contributed by atoms with Gasteiger partial charge >= 0.3 is 0 Å². The topological polar surface area (TPSA) is 92.8 Å². The van der Waals surface area contributed by atoms with E-state index in [1.807, 2.05) is 0 Å². The SMILES string of the molecule is COc1ccc(S(=O)(=O)NCCc2ccc(S(=O)(=O)N3CCCCC3)cc2)cc1. The molecule has 0 aromatic heterocycles. The van der Waals surface area contributed by atoms with Gasteiger partial charge in [-0.25, -0.2) is 21.6 Å². The molecule has 0 saturated carbocycles. The summed E-state index contributed by atoms with van der Waals surface area (Å²) in [6.07, 6.45) is 3.31. The standard InChI is InChI=1S/C20H26N2O5S2/c1-27-18-7-11-19(12-8-18)28(23,24)21-14-13-17-5-9-20(10-6-17)29(25,26)22-15-3-2-4-16-22/h5-12,21H,2-4,13-16H2,1H3. The molecular weight excluding hydrogens is 412 g/mol. The minimum Gasteiger partial charge on any atom is -0.497 e. The summed E-state index contributed by atoms with van der Waals surface area (Å²) in [5.74, 6) is 0.587. The van der Waals surface area contributed by atoms with Crippen molar-refractivity contribution in [3.63, 3.8) is 0 Å². The number of sulfonamides is 2. The van der Waals surface area contributed by atoms with E-state index >= 15 is 0 Å². The summed E-state index contributed by atoms with van der Waals surface area (Å²) in [4.78, 5) is 0.447. The predicted octanol–water partition coefficient (Wildman–Crippen LogP) is 2.39. The molecule has 1 aliphatic rings. The van der Waals surface area contributed by atoms with Crippen molar-refractivity contribution in [2.75, 3.05) is 26.7 Å². The molecule has 9 heteroatoms. The second kappa shape index (κ2) is 9.25. The van der Waals surface area contributed by atoms with Gasteiger partial charge in [0.1, 0.15) is 5.75 Å². The molecule has 3 rings (SSSR count). The zero-order valence-corrected chi connectivity index (χ0v) is 18.0. The van der Waals surface area contributed by atoms with Gasteiger partial charge in [0.2, 0.25) is 20.0 Å². The molecule has 1 heterocycles. The highest BCUT2D eigenvalue weighted by molar-refractivity contribution is 7.89. The van der Waals surface area contributed by atoms with Crippen molar-refractivity contribution in [2.24, 2.45) is 0 Å². The average molecular weight is 439 g/mol. The van der Waals surface area contributed by atoms with E-state index in [4.69, 9.17) is 4.74 Å². The molecule has 0 bridgehead atoms. The molecule has 1 saturated heterocycles. The van der Waals surface area contributed by atoms with Crippen LogP contribution in [0.25, 0.3) is 0 Å². The number of ether oxygens (including phenoxy) is 1. The van der Waals surface area contributed by atoms with Crippen LogP contribution in [0.1, 0.15) is 24.8 Å². The molecule has 29 heavy (non-hydrogen) atoms. The van der Waals surface area contributed by atoms with Crippen molar-refractivity contribution in [3.8, 4) is 5.75 Å². The molecule has 0 spiro atoms. The number of hydrogen-bond donors (Lipinski definition) is 1. The van der Waals surface area contributed by atoms with Crippen molar-refractivity contribution < 1.29 is 21.6 Å². The van der Waals surface area contributed by atoms with Crippen LogP contribution in [0.3, 0.4) is 0 Å². The Kier molecular flexibility index (Phi) is 6.94. The van der Waals surface area contributed by atoms with Gasteiger partial charge in [0.05, 0.1) is 16.9 Å². The molecule has 0 amide bonds. The van der Waals surface area contributed by atoms with Crippen LogP contribution in [-0.4, -0.2) is 47.9 Å². The largest absolute Gasteiger partial charge is 0.497 e.